The fourth-order valence-electron chi connectivity index (χ4n) is 2.12. The molecule has 0 spiro atoms. The van der Waals surface area contributed by atoms with E-state index in [4.69, 9.17) is 9.47 Å². The monoisotopic (exact) mass is 300 g/mol. The fraction of sp³-hybridized carbons (Fsp3) is 0.0625. The van der Waals surface area contributed by atoms with Crippen molar-refractivity contribution in [3.8, 4) is 28.7 Å². The summed E-state index contributed by atoms with van der Waals surface area (Å²) < 4.78 is 10.4. The molecule has 0 fully saturated rings. The standard InChI is InChI=1S/C16H12O6/c17-10-6-12(19)16(13(20)7-10)11(18)3-1-9-2-4-14-15(5-9)22-8-21-14/h1-7,17,19-20H,8H2/b3-1+. The van der Waals surface area contributed by atoms with Gasteiger partial charge >= 0.3 is 0 Å². The molecule has 1 aliphatic heterocycles. The molecular weight excluding hydrogens is 288 g/mol. The summed E-state index contributed by atoms with van der Waals surface area (Å²) in [4.78, 5) is 12.1. The van der Waals surface area contributed by atoms with E-state index in [1.165, 1.54) is 12.2 Å². The van der Waals surface area contributed by atoms with Crippen LogP contribution in [0.5, 0.6) is 28.7 Å². The van der Waals surface area contributed by atoms with Crippen molar-refractivity contribution in [2.24, 2.45) is 0 Å². The smallest absolute Gasteiger partial charge is 0.231 e. The van der Waals surface area contributed by atoms with Gasteiger partial charge in [-0.1, -0.05) is 12.1 Å². The highest BCUT2D eigenvalue weighted by Gasteiger charge is 2.16. The minimum Gasteiger partial charge on any atom is -0.508 e. The predicted molar refractivity (Wildman–Crippen MR) is 77.4 cm³/mol. The molecule has 6 heteroatoms. The highest BCUT2D eigenvalue weighted by Crippen LogP contribution is 2.34. The Morgan fingerprint density at radius 3 is 2.41 bits per heavy atom. The molecule has 0 bridgehead atoms. The lowest BCUT2D eigenvalue weighted by Crippen LogP contribution is -1.95. The van der Waals surface area contributed by atoms with E-state index in [1.54, 1.807) is 18.2 Å². The van der Waals surface area contributed by atoms with Crippen molar-refractivity contribution >= 4 is 11.9 Å². The van der Waals surface area contributed by atoms with Gasteiger partial charge in [-0.25, -0.2) is 0 Å². The third kappa shape index (κ3) is 2.54. The summed E-state index contributed by atoms with van der Waals surface area (Å²) in [6.07, 6.45) is 2.74. The molecule has 0 aliphatic carbocycles. The van der Waals surface area contributed by atoms with E-state index in [0.717, 1.165) is 12.1 Å². The third-order valence-electron chi connectivity index (χ3n) is 3.15. The number of fused-ring (bicyclic) bond motifs is 1. The summed E-state index contributed by atoms with van der Waals surface area (Å²) in [6.45, 7) is 0.163. The number of carbonyl (C=O) groups is 1. The van der Waals surface area contributed by atoms with Gasteiger partial charge in [0, 0.05) is 12.1 Å². The Kier molecular flexibility index (Phi) is 3.34. The van der Waals surface area contributed by atoms with Crippen LogP contribution in [0.1, 0.15) is 15.9 Å². The molecule has 0 unspecified atom stereocenters. The van der Waals surface area contributed by atoms with Crippen LogP contribution in [0.3, 0.4) is 0 Å². The average Bonchev–Trinajstić information content (AvgIpc) is 2.91. The molecule has 2 aromatic rings. The summed E-state index contributed by atoms with van der Waals surface area (Å²) in [6, 6.07) is 7.15. The first kappa shape index (κ1) is 13.8. The Labute approximate surface area is 125 Å². The van der Waals surface area contributed by atoms with Gasteiger partial charge in [0.2, 0.25) is 6.79 Å². The van der Waals surface area contributed by atoms with Crippen LogP contribution in [-0.2, 0) is 0 Å². The van der Waals surface area contributed by atoms with Gasteiger partial charge in [-0.2, -0.15) is 0 Å². The Balaban J connectivity index is 1.85. The molecule has 0 amide bonds. The molecule has 0 saturated heterocycles. The van der Waals surface area contributed by atoms with Crippen LogP contribution in [0.2, 0.25) is 0 Å². The van der Waals surface area contributed by atoms with Gasteiger partial charge in [0.1, 0.15) is 22.8 Å². The van der Waals surface area contributed by atoms with Gasteiger partial charge in [-0.15, -0.1) is 0 Å². The number of hydrogen-bond donors (Lipinski definition) is 3. The zero-order chi connectivity index (χ0) is 15.7. The molecule has 3 N–H and O–H groups in total. The quantitative estimate of drug-likeness (QED) is 0.595. The largest absolute Gasteiger partial charge is 0.508 e. The molecule has 0 aromatic heterocycles. The molecule has 0 saturated carbocycles. The number of ether oxygens (including phenoxy) is 2. The minimum absolute atomic E-state index is 0.163. The van der Waals surface area contributed by atoms with Crippen molar-refractivity contribution in [2.45, 2.75) is 0 Å². The first-order valence-corrected chi connectivity index (χ1v) is 6.41. The molecule has 0 radical (unpaired) electrons. The van der Waals surface area contributed by atoms with Crippen molar-refractivity contribution in [3.05, 3.63) is 47.5 Å². The average molecular weight is 300 g/mol. The summed E-state index contributed by atoms with van der Waals surface area (Å²) in [5.74, 6) is -0.670. The number of aromatic hydroxyl groups is 3. The number of hydrogen-bond acceptors (Lipinski definition) is 6. The maximum absolute atomic E-state index is 12.1. The van der Waals surface area contributed by atoms with E-state index >= 15 is 0 Å². The third-order valence-corrected chi connectivity index (χ3v) is 3.15. The SMILES string of the molecule is O=C(/C=C/c1ccc2c(c1)OCO2)c1c(O)cc(O)cc1O. The number of rotatable bonds is 3. The number of phenols is 3. The van der Waals surface area contributed by atoms with Crippen LogP contribution < -0.4 is 9.47 Å². The lowest BCUT2D eigenvalue weighted by atomic mass is 10.1. The van der Waals surface area contributed by atoms with Gasteiger partial charge in [0.15, 0.2) is 17.3 Å². The van der Waals surface area contributed by atoms with Crippen LogP contribution in [-0.4, -0.2) is 27.9 Å². The van der Waals surface area contributed by atoms with E-state index in [0.29, 0.717) is 17.1 Å². The van der Waals surface area contributed by atoms with Gasteiger partial charge in [0.05, 0.1) is 0 Å². The Morgan fingerprint density at radius 1 is 1.00 bits per heavy atom. The molecule has 22 heavy (non-hydrogen) atoms. The number of benzene rings is 2. The van der Waals surface area contributed by atoms with Crippen LogP contribution in [0.25, 0.3) is 6.08 Å². The Bertz CT molecular complexity index is 755. The summed E-state index contributed by atoms with van der Waals surface area (Å²) in [5, 5.41) is 28.5. The highest BCUT2D eigenvalue weighted by atomic mass is 16.7. The van der Waals surface area contributed by atoms with Gasteiger partial charge < -0.3 is 24.8 Å². The topological polar surface area (TPSA) is 96.2 Å². The number of carbonyl (C=O) groups excluding carboxylic acids is 1. The van der Waals surface area contributed by atoms with Crippen molar-refractivity contribution < 1.29 is 29.6 Å². The van der Waals surface area contributed by atoms with Gasteiger partial charge in [0.25, 0.3) is 0 Å². The number of ketones is 1. The Morgan fingerprint density at radius 2 is 1.68 bits per heavy atom. The van der Waals surface area contributed by atoms with Crippen LogP contribution in [0, 0.1) is 0 Å². The van der Waals surface area contributed by atoms with E-state index < -0.39 is 17.3 Å². The second kappa shape index (κ2) is 5.33. The zero-order valence-corrected chi connectivity index (χ0v) is 11.3. The second-order valence-electron chi connectivity index (χ2n) is 4.67. The first-order chi connectivity index (χ1) is 10.5. The molecular formula is C16H12O6. The lowest BCUT2D eigenvalue weighted by molar-refractivity contribution is 0.104. The molecule has 3 rings (SSSR count). The summed E-state index contributed by atoms with van der Waals surface area (Å²) >= 11 is 0. The maximum Gasteiger partial charge on any atom is 0.231 e. The van der Waals surface area contributed by atoms with Crippen molar-refractivity contribution in [2.75, 3.05) is 6.79 Å². The molecule has 1 aliphatic rings. The van der Waals surface area contributed by atoms with Gasteiger partial charge in [-0.3, -0.25) is 4.79 Å². The summed E-state index contributed by atoms with van der Waals surface area (Å²) in [7, 11) is 0. The van der Waals surface area contributed by atoms with Crippen molar-refractivity contribution in [1.29, 1.82) is 0 Å². The highest BCUT2D eigenvalue weighted by molar-refractivity contribution is 6.10. The zero-order valence-electron chi connectivity index (χ0n) is 11.3. The van der Waals surface area contributed by atoms with Crippen LogP contribution >= 0.6 is 0 Å². The van der Waals surface area contributed by atoms with Crippen molar-refractivity contribution in [3.63, 3.8) is 0 Å². The molecule has 0 atom stereocenters. The van der Waals surface area contributed by atoms with E-state index in [1.807, 2.05) is 0 Å². The van der Waals surface area contributed by atoms with Crippen LogP contribution in [0.4, 0.5) is 0 Å². The summed E-state index contributed by atoms with van der Waals surface area (Å²) in [5.41, 5.74) is 0.435. The lowest BCUT2D eigenvalue weighted by Gasteiger charge is -2.04. The molecule has 1 heterocycles. The van der Waals surface area contributed by atoms with E-state index in [9.17, 15) is 20.1 Å². The molecule has 6 nitrogen and oxygen atoms in total. The number of allylic oxidation sites excluding steroid dienone is 1. The minimum atomic E-state index is -0.590. The van der Waals surface area contributed by atoms with Gasteiger partial charge in [-0.05, 0) is 23.8 Å². The molecule has 112 valence electrons. The first-order valence-electron chi connectivity index (χ1n) is 6.41. The maximum atomic E-state index is 12.1. The fourth-order valence-corrected chi connectivity index (χ4v) is 2.12. The predicted octanol–water partition coefficient (Wildman–Crippen LogP) is 2.43. The molecule has 2 aromatic carbocycles. The normalized spacial score (nSPS) is 12.7. The number of phenolic OH excluding ortho intramolecular Hbond substituents is 3. The van der Waals surface area contributed by atoms with E-state index in [-0.39, 0.29) is 18.1 Å². The Hall–Kier alpha value is -3.15. The van der Waals surface area contributed by atoms with E-state index in [2.05, 4.69) is 0 Å². The second-order valence-corrected chi connectivity index (χ2v) is 4.67. The van der Waals surface area contributed by atoms with Crippen molar-refractivity contribution in [1.82, 2.24) is 0 Å². The van der Waals surface area contributed by atoms with Crippen LogP contribution in [0.15, 0.2) is 36.4 Å².